The molecule has 1 rings (SSSR count). The second kappa shape index (κ2) is 8.72. The van der Waals surface area contributed by atoms with E-state index in [9.17, 15) is 9.90 Å². The molecule has 20 heavy (non-hydrogen) atoms. The third-order valence-corrected chi connectivity index (χ3v) is 3.31. The molecule has 0 aliphatic heterocycles. The van der Waals surface area contributed by atoms with Crippen molar-refractivity contribution in [1.29, 1.82) is 0 Å². The topological polar surface area (TPSA) is 69.6 Å². The minimum Gasteiger partial charge on any atom is -0.481 e. The van der Waals surface area contributed by atoms with E-state index in [4.69, 9.17) is 5.11 Å². The first kappa shape index (κ1) is 16.7. The first-order chi connectivity index (χ1) is 9.52. The van der Waals surface area contributed by atoms with Gasteiger partial charge in [0.15, 0.2) is 0 Å². The first-order valence-electron chi connectivity index (χ1n) is 7.14. The Bertz CT molecular complexity index is 392. The molecule has 112 valence electrons. The summed E-state index contributed by atoms with van der Waals surface area (Å²) in [6, 6.07) is 9.58. The number of rotatable bonds is 9. The van der Waals surface area contributed by atoms with Gasteiger partial charge in [-0.2, -0.15) is 0 Å². The molecule has 0 aliphatic carbocycles. The predicted molar refractivity (Wildman–Crippen MR) is 79.5 cm³/mol. The maximum Gasteiger partial charge on any atom is 0.303 e. The van der Waals surface area contributed by atoms with Crippen LogP contribution in [0.1, 0.15) is 38.3 Å². The van der Waals surface area contributed by atoms with Gasteiger partial charge in [0.1, 0.15) is 0 Å². The van der Waals surface area contributed by atoms with E-state index in [1.807, 2.05) is 30.3 Å². The van der Waals surface area contributed by atoms with E-state index in [-0.39, 0.29) is 25.0 Å². The monoisotopic (exact) mass is 279 g/mol. The summed E-state index contributed by atoms with van der Waals surface area (Å²) < 4.78 is 0. The minimum atomic E-state index is -0.766. The average Bonchev–Trinajstić information content (AvgIpc) is 2.39. The maximum atomic E-state index is 10.9. The van der Waals surface area contributed by atoms with Gasteiger partial charge in [0.2, 0.25) is 0 Å². The Hall–Kier alpha value is -1.39. The van der Waals surface area contributed by atoms with Gasteiger partial charge in [-0.05, 0) is 30.4 Å². The normalized spacial score (nSPS) is 14.2. The summed E-state index contributed by atoms with van der Waals surface area (Å²) in [5.41, 5.74) is 1.02. The zero-order valence-corrected chi connectivity index (χ0v) is 12.2. The second-order valence-electron chi connectivity index (χ2n) is 5.65. The van der Waals surface area contributed by atoms with Crippen molar-refractivity contribution in [1.82, 2.24) is 5.32 Å². The summed E-state index contributed by atoms with van der Waals surface area (Å²) in [5, 5.41) is 21.7. The molecule has 0 aromatic heterocycles. The Kier molecular flexibility index (Phi) is 7.26. The SMILES string of the molecule is CC(C)C[C@@H](CN[C@H](CO)c1ccccc1)CC(=O)O. The number of aliphatic hydroxyl groups is 1. The summed E-state index contributed by atoms with van der Waals surface area (Å²) >= 11 is 0. The number of aliphatic hydroxyl groups excluding tert-OH is 1. The molecule has 0 saturated carbocycles. The van der Waals surface area contributed by atoms with Crippen molar-refractivity contribution in [3.05, 3.63) is 35.9 Å². The number of aliphatic carboxylic acids is 1. The molecule has 1 aromatic carbocycles. The molecule has 0 fully saturated rings. The molecule has 0 radical (unpaired) electrons. The van der Waals surface area contributed by atoms with Crippen LogP contribution in [-0.4, -0.2) is 29.3 Å². The van der Waals surface area contributed by atoms with Gasteiger partial charge in [-0.1, -0.05) is 44.2 Å². The van der Waals surface area contributed by atoms with Crippen LogP contribution in [-0.2, 0) is 4.79 Å². The van der Waals surface area contributed by atoms with E-state index in [0.29, 0.717) is 12.5 Å². The van der Waals surface area contributed by atoms with Crippen LogP contribution < -0.4 is 5.32 Å². The van der Waals surface area contributed by atoms with Gasteiger partial charge < -0.3 is 15.5 Å². The first-order valence-corrected chi connectivity index (χ1v) is 7.14. The molecule has 0 aliphatic rings. The summed E-state index contributed by atoms with van der Waals surface area (Å²) in [6.45, 7) is 4.79. The Morgan fingerprint density at radius 1 is 1.25 bits per heavy atom. The number of nitrogens with one attached hydrogen (secondary N) is 1. The van der Waals surface area contributed by atoms with Crippen LogP contribution in [0.5, 0.6) is 0 Å². The van der Waals surface area contributed by atoms with Crippen LogP contribution >= 0.6 is 0 Å². The van der Waals surface area contributed by atoms with Gasteiger partial charge in [0.05, 0.1) is 12.6 Å². The Labute approximate surface area is 120 Å². The molecular formula is C16H25NO3. The Morgan fingerprint density at radius 2 is 1.90 bits per heavy atom. The fourth-order valence-electron chi connectivity index (χ4n) is 2.43. The van der Waals surface area contributed by atoms with Gasteiger partial charge in [0, 0.05) is 6.42 Å². The third kappa shape index (κ3) is 6.17. The standard InChI is InChI=1S/C16H25NO3/c1-12(2)8-13(9-16(19)20)10-17-15(11-18)14-6-4-3-5-7-14/h3-7,12-13,15,17-18H,8-11H2,1-2H3,(H,19,20)/t13-,15-/m1/s1. The van der Waals surface area contributed by atoms with Gasteiger partial charge in [0.25, 0.3) is 0 Å². The van der Waals surface area contributed by atoms with Crippen molar-refractivity contribution in [3.63, 3.8) is 0 Å². The molecule has 3 N–H and O–H groups in total. The molecule has 0 bridgehead atoms. The number of hydrogen-bond donors (Lipinski definition) is 3. The highest BCUT2D eigenvalue weighted by atomic mass is 16.4. The number of hydrogen-bond acceptors (Lipinski definition) is 3. The molecule has 0 heterocycles. The smallest absolute Gasteiger partial charge is 0.303 e. The van der Waals surface area contributed by atoms with Gasteiger partial charge >= 0.3 is 5.97 Å². The van der Waals surface area contributed by atoms with E-state index in [0.717, 1.165) is 12.0 Å². The molecule has 2 atom stereocenters. The fraction of sp³-hybridized carbons (Fsp3) is 0.562. The zero-order valence-electron chi connectivity index (χ0n) is 12.2. The fourth-order valence-corrected chi connectivity index (χ4v) is 2.43. The lowest BCUT2D eigenvalue weighted by atomic mass is 9.93. The Balaban J connectivity index is 2.57. The molecule has 0 spiro atoms. The number of carboxylic acids is 1. The zero-order chi connectivity index (χ0) is 15.0. The third-order valence-electron chi connectivity index (χ3n) is 3.31. The summed E-state index contributed by atoms with van der Waals surface area (Å²) in [4.78, 5) is 10.9. The average molecular weight is 279 g/mol. The lowest BCUT2D eigenvalue weighted by Crippen LogP contribution is -2.31. The van der Waals surface area contributed by atoms with Gasteiger partial charge in [-0.15, -0.1) is 0 Å². The van der Waals surface area contributed by atoms with E-state index in [2.05, 4.69) is 19.2 Å². The molecule has 0 saturated heterocycles. The largest absolute Gasteiger partial charge is 0.481 e. The summed E-state index contributed by atoms with van der Waals surface area (Å²) in [7, 11) is 0. The number of carbonyl (C=O) groups is 1. The van der Waals surface area contributed by atoms with Crippen LogP contribution in [0, 0.1) is 11.8 Å². The highest BCUT2D eigenvalue weighted by molar-refractivity contribution is 5.67. The highest BCUT2D eigenvalue weighted by Gasteiger charge is 2.17. The van der Waals surface area contributed by atoms with Crippen molar-refractivity contribution in [3.8, 4) is 0 Å². The van der Waals surface area contributed by atoms with Crippen molar-refractivity contribution >= 4 is 5.97 Å². The molecule has 1 aromatic rings. The van der Waals surface area contributed by atoms with Crippen LogP contribution in [0.15, 0.2) is 30.3 Å². The molecule has 0 amide bonds. The van der Waals surface area contributed by atoms with E-state index in [1.54, 1.807) is 0 Å². The van der Waals surface area contributed by atoms with E-state index in [1.165, 1.54) is 0 Å². The van der Waals surface area contributed by atoms with Gasteiger partial charge in [-0.3, -0.25) is 4.79 Å². The summed E-state index contributed by atoms with van der Waals surface area (Å²) in [5.74, 6) is -0.214. The van der Waals surface area contributed by atoms with Gasteiger partial charge in [-0.25, -0.2) is 0 Å². The minimum absolute atomic E-state index is 0.00544. The Morgan fingerprint density at radius 3 is 2.40 bits per heavy atom. The van der Waals surface area contributed by atoms with E-state index < -0.39 is 5.97 Å². The number of carboxylic acid groups (broad SMARTS) is 1. The highest BCUT2D eigenvalue weighted by Crippen LogP contribution is 2.17. The van der Waals surface area contributed by atoms with Crippen molar-refractivity contribution in [2.45, 2.75) is 32.7 Å². The van der Waals surface area contributed by atoms with Crippen molar-refractivity contribution in [2.24, 2.45) is 11.8 Å². The van der Waals surface area contributed by atoms with E-state index >= 15 is 0 Å². The molecule has 0 unspecified atom stereocenters. The molecular weight excluding hydrogens is 254 g/mol. The predicted octanol–water partition coefficient (Wildman–Crippen LogP) is 2.45. The maximum absolute atomic E-state index is 10.9. The van der Waals surface area contributed by atoms with Crippen LogP contribution in [0.2, 0.25) is 0 Å². The van der Waals surface area contributed by atoms with Crippen LogP contribution in [0.4, 0.5) is 0 Å². The van der Waals surface area contributed by atoms with Crippen molar-refractivity contribution < 1.29 is 15.0 Å². The molecule has 4 nitrogen and oxygen atoms in total. The van der Waals surface area contributed by atoms with Crippen LogP contribution in [0.25, 0.3) is 0 Å². The lowest BCUT2D eigenvalue weighted by molar-refractivity contribution is -0.138. The second-order valence-corrected chi connectivity index (χ2v) is 5.65. The van der Waals surface area contributed by atoms with Crippen LogP contribution in [0.3, 0.4) is 0 Å². The lowest BCUT2D eigenvalue weighted by Gasteiger charge is -2.22. The summed E-state index contributed by atoms with van der Waals surface area (Å²) in [6.07, 6.45) is 1.03. The molecule has 4 heteroatoms. The quantitative estimate of drug-likeness (QED) is 0.649. The van der Waals surface area contributed by atoms with Crippen molar-refractivity contribution in [2.75, 3.05) is 13.2 Å². The number of benzene rings is 1.